The Hall–Kier alpha value is -2.18. The molecule has 0 amide bonds. The quantitative estimate of drug-likeness (QED) is 0.621. The normalized spacial score (nSPS) is 27.4. The molecule has 154 valence electrons. The van der Waals surface area contributed by atoms with Crippen LogP contribution in [-0.2, 0) is 17.6 Å². The highest BCUT2D eigenvalue weighted by atomic mass is 16.5. The smallest absolute Gasteiger partial charge is 0.163 e. The van der Waals surface area contributed by atoms with Crippen molar-refractivity contribution >= 4 is 10.9 Å². The lowest BCUT2D eigenvalue weighted by atomic mass is 9.90. The van der Waals surface area contributed by atoms with E-state index in [0.29, 0.717) is 0 Å². The van der Waals surface area contributed by atoms with Gasteiger partial charge in [0, 0.05) is 17.5 Å². The molecule has 0 bridgehead atoms. The van der Waals surface area contributed by atoms with Crippen molar-refractivity contribution in [1.82, 2.24) is 4.57 Å². The average molecular weight is 395 g/mol. The van der Waals surface area contributed by atoms with Crippen LogP contribution >= 0.6 is 0 Å². The summed E-state index contributed by atoms with van der Waals surface area (Å²) >= 11 is 0. The first-order valence-electron chi connectivity index (χ1n) is 10.3. The van der Waals surface area contributed by atoms with Crippen molar-refractivity contribution in [3.05, 3.63) is 71.4 Å². The number of para-hydroxylation sites is 1. The van der Waals surface area contributed by atoms with Gasteiger partial charge in [-0.1, -0.05) is 56.3 Å². The Kier molecular flexibility index (Phi) is 5.74. The van der Waals surface area contributed by atoms with Gasteiger partial charge in [-0.3, -0.25) is 0 Å². The fourth-order valence-corrected chi connectivity index (χ4v) is 4.26. The second kappa shape index (κ2) is 8.28. The van der Waals surface area contributed by atoms with Crippen LogP contribution in [0.2, 0.25) is 0 Å². The van der Waals surface area contributed by atoms with Crippen LogP contribution in [0.4, 0.5) is 0 Å². The summed E-state index contributed by atoms with van der Waals surface area (Å²) in [4.78, 5) is 0. The van der Waals surface area contributed by atoms with Crippen molar-refractivity contribution in [1.29, 1.82) is 0 Å². The van der Waals surface area contributed by atoms with Crippen LogP contribution in [0.1, 0.15) is 36.8 Å². The summed E-state index contributed by atoms with van der Waals surface area (Å²) in [6.45, 7) is 3.73. The summed E-state index contributed by atoms with van der Waals surface area (Å²) in [5, 5.41) is 32.0. The first-order chi connectivity index (χ1) is 14.0. The largest absolute Gasteiger partial charge is 0.394 e. The van der Waals surface area contributed by atoms with E-state index in [9.17, 15) is 15.3 Å². The van der Waals surface area contributed by atoms with E-state index >= 15 is 0 Å². The van der Waals surface area contributed by atoms with Crippen LogP contribution < -0.4 is 0 Å². The molecule has 1 fully saturated rings. The van der Waals surface area contributed by atoms with Crippen molar-refractivity contribution in [2.75, 3.05) is 6.61 Å². The van der Waals surface area contributed by atoms with Crippen molar-refractivity contribution < 1.29 is 20.1 Å². The molecule has 0 spiro atoms. The molecule has 2 aromatic carbocycles. The van der Waals surface area contributed by atoms with Gasteiger partial charge in [-0.15, -0.1) is 0 Å². The number of nitrogens with zero attached hydrogens (tertiary/aromatic N) is 1. The molecule has 0 radical (unpaired) electrons. The number of aromatic nitrogens is 1. The van der Waals surface area contributed by atoms with Gasteiger partial charge in [0.1, 0.15) is 6.10 Å². The van der Waals surface area contributed by atoms with Crippen LogP contribution in [0.5, 0.6) is 0 Å². The number of ether oxygens (including phenoxy) is 1. The Morgan fingerprint density at radius 3 is 2.34 bits per heavy atom. The number of hydrogen-bond donors (Lipinski definition) is 3. The Bertz CT molecular complexity index is 963. The third-order valence-corrected chi connectivity index (χ3v) is 6.18. The number of aliphatic hydroxyl groups excluding tert-OH is 3. The Morgan fingerprint density at radius 2 is 1.66 bits per heavy atom. The molecule has 3 unspecified atom stereocenters. The molecule has 5 nitrogen and oxygen atoms in total. The van der Waals surface area contributed by atoms with Gasteiger partial charge in [0.05, 0.1) is 24.3 Å². The van der Waals surface area contributed by atoms with E-state index in [-0.39, 0.29) is 12.5 Å². The number of rotatable bonds is 5. The lowest BCUT2D eigenvalue weighted by Gasteiger charge is -2.41. The molecule has 1 aliphatic heterocycles. The van der Waals surface area contributed by atoms with E-state index in [1.807, 2.05) is 29.0 Å². The Labute approximate surface area is 171 Å². The molecule has 1 aromatic heterocycles. The molecule has 2 heterocycles. The van der Waals surface area contributed by atoms with Gasteiger partial charge in [0.25, 0.3) is 0 Å². The summed E-state index contributed by atoms with van der Waals surface area (Å²) in [5.41, 5.74) is 4.61. The second-order valence-electron chi connectivity index (χ2n) is 8.01. The molecule has 1 aliphatic rings. The number of fused-ring (bicyclic) bond motifs is 1. The standard InChI is InChI=1S/C24H29NO4/c1-3-16-8-10-17(11-9-16)12-18-13-25(20-7-5-4-6-19(18)20)24-23(28)22(27)15(2)21(14-26)29-24/h4-11,13,15,21-24,26-28H,3,12,14H2,1-2H3/t15-,21?,22?,23-,24?/m1/s1. The SMILES string of the molecule is CCc1ccc(Cc2cn(C3OC(CO)[C@@H](C)C(O)[C@H]3O)c3ccccc23)cc1. The topological polar surface area (TPSA) is 74.9 Å². The predicted octanol–water partition coefficient (Wildman–Crippen LogP) is 3.04. The van der Waals surface area contributed by atoms with Crippen molar-refractivity contribution in [2.45, 2.75) is 51.2 Å². The van der Waals surface area contributed by atoms with Gasteiger partial charge in [-0.25, -0.2) is 0 Å². The van der Waals surface area contributed by atoms with Gasteiger partial charge < -0.3 is 24.6 Å². The molecule has 0 aliphatic carbocycles. The highest BCUT2D eigenvalue weighted by Crippen LogP contribution is 2.35. The molecular weight excluding hydrogens is 366 g/mol. The minimum atomic E-state index is -1.07. The fourth-order valence-electron chi connectivity index (χ4n) is 4.26. The van der Waals surface area contributed by atoms with Crippen LogP contribution in [0.25, 0.3) is 10.9 Å². The fraction of sp³-hybridized carbons (Fsp3) is 0.417. The lowest BCUT2D eigenvalue weighted by Crippen LogP contribution is -2.52. The summed E-state index contributed by atoms with van der Waals surface area (Å²) in [5.74, 6) is -0.343. The molecule has 4 rings (SSSR count). The molecule has 1 saturated heterocycles. The highest BCUT2D eigenvalue weighted by Gasteiger charge is 2.43. The van der Waals surface area contributed by atoms with E-state index in [2.05, 4.69) is 37.3 Å². The molecule has 5 heteroatoms. The van der Waals surface area contributed by atoms with Gasteiger partial charge in [0.15, 0.2) is 6.23 Å². The number of benzene rings is 2. The summed E-state index contributed by atoms with van der Waals surface area (Å²) in [6, 6.07) is 16.7. The number of hydrogen-bond acceptors (Lipinski definition) is 4. The van der Waals surface area contributed by atoms with E-state index in [4.69, 9.17) is 4.74 Å². The third kappa shape index (κ3) is 3.71. The average Bonchev–Trinajstić information content (AvgIpc) is 3.11. The Morgan fingerprint density at radius 1 is 0.966 bits per heavy atom. The zero-order chi connectivity index (χ0) is 20.5. The molecule has 5 atom stereocenters. The maximum Gasteiger partial charge on any atom is 0.163 e. The van der Waals surface area contributed by atoms with Crippen molar-refractivity contribution in [2.24, 2.45) is 5.92 Å². The minimum Gasteiger partial charge on any atom is -0.394 e. The van der Waals surface area contributed by atoms with Crippen molar-refractivity contribution in [3.8, 4) is 0 Å². The van der Waals surface area contributed by atoms with Crippen LogP contribution in [0.15, 0.2) is 54.7 Å². The zero-order valence-corrected chi connectivity index (χ0v) is 16.9. The van der Waals surface area contributed by atoms with E-state index < -0.39 is 24.5 Å². The maximum absolute atomic E-state index is 10.7. The number of aliphatic hydroxyl groups is 3. The number of aryl methyl sites for hydroxylation is 1. The van der Waals surface area contributed by atoms with E-state index in [1.54, 1.807) is 6.92 Å². The second-order valence-corrected chi connectivity index (χ2v) is 8.01. The molecule has 3 aromatic rings. The van der Waals surface area contributed by atoms with Crippen LogP contribution in [0, 0.1) is 5.92 Å². The van der Waals surface area contributed by atoms with Crippen LogP contribution in [0.3, 0.4) is 0 Å². The zero-order valence-electron chi connectivity index (χ0n) is 16.9. The molecule has 29 heavy (non-hydrogen) atoms. The first-order valence-corrected chi connectivity index (χ1v) is 10.3. The van der Waals surface area contributed by atoms with Gasteiger partial charge >= 0.3 is 0 Å². The monoisotopic (exact) mass is 395 g/mol. The molecule has 0 saturated carbocycles. The Balaban J connectivity index is 1.72. The molecular formula is C24H29NO4. The van der Waals surface area contributed by atoms with Crippen molar-refractivity contribution in [3.63, 3.8) is 0 Å². The van der Waals surface area contributed by atoms with E-state index in [1.165, 1.54) is 11.1 Å². The third-order valence-electron chi connectivity index (χ3n) is 6.18. The summed E-state index contributed by atoms with van der Waals surface area (Å²) < 4.78 is 7.92. The van der Waals surface area contributed by atoms with E-state index in [0.717, 1.165) is 29.3 Å². The minimum absolute atomic E-state index is 0.197. The van der Waals surface area contributed by atoms with Gasteiger partial charge in [0.2, 0.25) is 0 Å². The van der Waals surface area contributed by atoms with Crippen LogP contribution in [-0.4, -0.2) is 44.8 Å². The highest BCUT2D eigenvalue weighted by molar-refractivity contribution is 5.84. The van der Waals surface area contributed by atoms with Gasteiger partial charge in [-0.05, 0) is 35.6 Å². The predicted molar refractivity (Wildman–Crippen MR) is 113 cm³/mol. The lowest BCUT2D eigenvalue weighted by molar-refractivity contribution is -0.228. The first kappa shape index (κ1) is 20.1. The maximum atomic E-state index is 10.7. The molecule has 3 N–H and O–H groups in total. The summed E-state index contributed by atoms with van der Waals surface area (Å²) in [7, 11) is 0. The van der Waals surface area contributed by atoms with Gasteiger partial charge in [-0.2, -0.15) is 0 Å². The summed E-state index contributed by atoms with van der Waals surface area (Å²) in [6.07, 6.45) is 0.483.